The number of primary amides is 1. The molecule has 0 aliphatic heterocycles. The Balaban J connectivity index is 2.14. The van der Waals surface area contributed by atoms with Crippen LogP contribution in [0, 0.1) is 6.92 Å². The molecule has 0 aliphatic rings. The molecule has 2 amide bonds. The van der Waals surface area contributed by atoms with E-state index in [4.69, 9.17) is 17.3 Å². The van der Waals surface area contributed by atoms with Gasteiger partial charge in [0.15, 0.2) is 0 Å². The van der Waals surface area contributed by atoms with Crippen molar-refractivity contribution >= 4 is 23.4 Å². The number of rotatable bonds is 5. The summed E-state index contributed by atoms with van der Waals surface area (Å²) >= 11 is 5.99. The number of nitrogens with two attached hydrogens (primary N) is 1. The van der Waals surface area contributed by atoms with Gasteiger partial charge in [-0.25, -0.2) is 0 Å². The first-order valence-electron chi connectivity index (χ1n) is 6.87. The highest BCUT2D eigenvalue weighted by molar-refractivity contribution is 6.33. The topological polar surface area (TPSA) is 72.2 Å². The van der Waals surface area contributed by atoms with Crippen LogP contribution in [0.15, 0.2) is 48.5 Å². The second-order valence-corrected chi connectivity index (χ2v) is 5.51. The summed E-state index contributed by atoms with van der Waals surface area (Å²) < 4.78 is 0. The largest absolute Gasteiger partial charge is 0.368 e. The predicted octanol–water partition coefficient (Wildman–Crippen LogP) is 2.47. The van der Waals surface area contributed by atoms with Crippen LogP contribution in [0.25, 0.3) is 0 Å². The molecule has 5 heteroatoms. The summed E-state index contributed by atoms with van der Waals surface area (Å²) in [4.78, 5) is 23.8. The molecule has 114 valence electrons. The van der Waals surface area contributed by atoms with Crippen molar-refractivity contribution in [1.82, 2.24) is 5.32 Å². The molecule has 0 heterocycles. The van der Waals surface area contributed by atoms with E-state index in [0.29, 0.717) is 17.0 Å². The molecule has 0 unspecified atom stereocenters. The number of aryl methyl sites for hydroxylation is 1. The SMILES string of the molecule is Cc1cccc(C[C@@H](NC(=O)c2ccccc2Cl)C(N)=O)c1. The first kappa shape index (κ1) is 16.0. The van der Waals surface area contributed by atoms with Gasteiger partial charge in [0.1, 0.15) is 6.04 Å². The van der Waals surface area contributed by atoms with Crippen LogP contribution in [0.1, 0.15) is 21.5 Å². The second kappa shape index (κ2) is 7.09. The Morgan fingerprint density at radius 2 is 1.91 bits per heavy atom. The number of nitrogens with one attached hydrogen (secondary N) is 1. The van der Waals surface area contributed by atoms with Gasteiger partial charge in [-0.15, -0.1) is 0 Å². The minimum atomic E-state index is -0.787. The lowest BCUT2D eigenvalue weighted by Gasteiger charge is -2.16. The average molecular weight is 317 g/mol. The van der Waals surface area contributed by atoms with Crippen molar-refractivity contribution in [3.8, 4) is 0 Å². The average Bonchev–Trinajstić information content (AvgIpc) is 2.46. The molecule has 0 spiro atoms. The van der Waals surface area contributed by atoms with E-state index in [-0.39, 0.29) is 0 Å². The summed E-state index contributed by atoms with van der Waals surface area (Å²) in [5, 5.41) is 2.98. The molecule has 0 fully saturated rings. The van der Waals surface area contributed by atoms with Gasteiger partial charge in [-0.3, -0.25) is 9.59 Å². The lowest BCUT2D eigenvalue weighted by Crippen LogP contribution is -2.45. The molecular weight excluding hydrogens is 300 g/mol. The van der Waals surface area contributed by atoms with Gasteiger partial charge >= 0.3 is 0 Å². The lowest BCUT2D eigenvalue weighted by atomic mass is 10.0. The fraction of sp³-hybridized carbons (Fsp3) is 0.176. The summed E-state index contributed by atoms with van der Waals surface area (Å²) in [6.45, 7) is 1.96. The maximum atomic E-state index is 12.2. The number of benzene rings is 2. The van der Waals surface area contributed by atoms with E-state index in [0.717, 1.165) is 11.1 Å². The number of hydrogen-bond acceptors (Lipinski definition) is 2. The van der Waals surface area contributed by atoms with Gasteiger partial charge in [-0.2, -0.15) is 0 Å². The van der Waals surface area contributed by atoms with Crippen molar-refractivity contribution < 1.29 is 9.59 Å². The smallest absolute Gasteiger partial charge is 0.253 e. The summed E-state index contributed by atoms with van der Waals surface area (Å²) in [5.41, 5.74) is 7.73. The molecule has 3 N–H and O–H groups in total. The highest BCUT2D eigenvalue weighted by Gasteiger charge is 2.20. The van der Waals surface area contributed by atoms with Gasteiger partial charge in [0.25, 0.3) is 5.91 Å². The van der Waals surface area contributed by atoms with Crippen LogP contribution in [-0.2, 0) is 11.2 Å². The summed E-state index contributed by atoms with van der Waals surface area (Å²) in [7, 11) is 0. The van der Waals surface area contributed by atoms with E-state index in [2.05, 4.69) is 5.32 Å². The predicted molar refractivity (Wildman–Crippen MR) is 86.8 cm³/mol. The third-order valence-electron chi connectivity index (χ3n) is 3.29. The van der Waals surface area contributed by atoms with E-state index in [1.165, 1.54) is 0 Å². The molecular formula is C17H17ClN2O2. The zero-order chi connectivity index (χ0) is 16.1. The van der Waals surface area contributed by atoms with Crippen LogP contribution in [0.3, 0.4) is 0 Å². The molecule has 2 aromatic rings. The zero-order valence-corrected chi connectivity index (χ0v) is 12.9. The Bertz CT molecular complexity index is 701. The van der Waals surface area contributed by atoms with E-state index < -0.39 is 17.9 Å². The van der Waals surface area contributed by atoms with Gasteiger partial charge < -0.3 is 11.1 Å². The van der Waals surface area contributed by atoms with E-state index in [9.17, 15) is 9.59 Å². The van der Waals surface area contributed by atoms with Crippen molar-refractivity contribution in [2.45, 2.75) is 19.4 Å². The number of carbonyl (C=O) groups excluding carboxylic acids is 2. The number of carbonyl (C=O) groups is 2. The molecule has 1 atom stereocenters. The van der Waals surface area contributed by atoms with Gasteiger partial charge in [0, 0.05) is 6.42 Å². The van der Waals surface area contributed by atoms with Crippen molar-refractivity contribution in [3.05, 3.63) is 70.2 Å². The molecule has 2 rings (SSSR count). The normalized spacial score (nSPS) is 11.7. The molecule has 4 nitrogen and oxygen atoms in total. The maximum Gasteiger partial charge on any atom is 0.253 e. The van der Waals surface area contributed by atoms with Crippen LogP contribution in [0.4, 0.5) is 0 Å². The Morgan fingerprint density at radius 3 is 2.55 bits per heavy atom. The fourth-order valence-electron chi connectivity index (χ4n) is 2.18. The van der Waals surface area contributed by atoms with Crippen LogP contribution in [-0.4, -0.2) is 17.9 Å². The number of hydrogen-bond donors (Lipinski definition) is 2. The van der Waals surface area contributed by atoms with Gasteiger partial charge in [0.05, 0.1) is 10.6 Å². The number of halogens is 1. The standard InChI is InChI=1S/C17H17ClN2O2/c1-11-5-4-6-12(9-11)10-15(16(19)21)20-17(22)13-7-2-3-8-14(13)18/h2-9,15H,10H2,1H3,(H2,19,21)(H,20,22)/t15-/m1/s1. The highest BCUT2D eigenvalue weighted by atomic mass is 35.5. The van der Waals surface area contributed by atoms with E-state index in [1.807, 2.05) is 31.2 Å². The molecule has 0 bridgehead atoms. The fourth-order valence-corrected chi connectivity index (χ4v) is 2.40. The Hall–Kier alpha value is -2.33. The summed E-state index contributed by atoms with van der Waals surface area (Å²) in [6.07, 6.45) is 0.340. The van der Waals surface area contributed by atoms with Crippen LogP contribution >= 0.6 is 11.6 Å². The minimum absolute atomic E-state index is 0.319. The highest BCUT2D eigenvalue weighted by Crippen LogP contribution is 2.15. The van der Waals surface area contributed by atoms with Gasteiger partial charge in [0.2, 0.25) is 5.91 Å². The van der Waals surface area contributed by atoms with Crippen LogP contribution in [0.2, 0.25) is 5.02 Å². The molecule has 0 aliphatic carbocycles. The quantitative estimate of drug-likeness (QED) is 0.889. The monoisotopic (exact) mass is 316 g/mol. The van der Waals surface area contributed by atoms with E-state index in [1.54, 1.807) is 24.3 Å². The van der Waals surface area contributed by atoms with Gasteiger partial charge in [-0.1, -0.05) is 53.6 Å². The van der Waals surface area contributed by atoms with Crippen LogP contribution < -0.4 is 11.1 Å². The first-order chi connectivity index (χ1) is 10.5. The molecule has 2 aromatic carbocycles. The Kier molecular flexibility index (Phi) is 5.17. The Labute approximate surface area is 134 Å². The van der Waals surface area contributed by atoms with Crippen molar-refractivity contribution in [2.75, 3.05) is 0 Å². The molecule has 0 saturated carbocycles. The van der Waals surface area contributed by atoms with E-state index >= 15 is 0 Å². The first-order valence-corrected chi connectivity index (χ1v) is 7.25. The number of amides is 2. The molecule has 0 radical (unpaired) electrons. The summed E-state index contributed by atoms with van der Waals surface area (Å²) in [6, 6.07) is 13.6. The summed E-state index contributed by atoms with van der Waals surface area (Å²) in [5.74, 6) is -0.996. The third-order valence-corrected chi connectivity index (χ3v) is 3.62. The molecule has 0 saturated heterocycles. The van der Waals surface area contributed by atoms with Crippen LogP contribution in [0.5, 0.6) is 0 Å². The molecule has 22 heavy (non-hydrogen) atoms. The zero-order valence-electron chi connectivity index (χ0n) is 12.2. The lowest BCUT2D eigenvalue weighted by molar-refractivity contribution is -0.119. The van der Waals surface area contributed by atoms with Crippen molar-refractivity contribution in [2.24, 2.45) is 5.73 Å². The van der Waals surface area contributed by atoms with Crippen molar-refractivity contribution in [3.63, 3.8) is 0 Å². The third kappa shape index (κ3) is 4.09. The molecule has 0 aromatic heterocycles. The Morgan fingerprint density at radius 1 is 1.18 bits per heavy atom. The second-order valence-electron chi connectivity index (χ2n) is 5.10. The minimum Gasteiger partial charge on any atom is -0.368 e. The van der Waals surface area contributed by atoms with Gasteiger partial charge in [-0.05, 0) is 24.6 Å². The van der Waals surface area contributed by atoms with Crippen molar-refractivity contribution in [1.29, 1.82) is 0 Å². The maximum absolute atomic E-state index is 12.2.